The summed E-state index contributed by atoms with van der Waals surface area (Å²) < 4.78 is 60.3. The second-order valence-electron chi connectivity index (χ2n) is 15.7. The first-order chi connectivity index (χ1) is 27.2. The number of benzene rings is 4. The van der Waals surface area contributed by atoms with Crippen LogP contribution in [0.1, 0.15) is 65.3 Å². The van der Waals surface area contributed by atoms with Gasteiger partial charge < -0.3 is 43.4 Å². The van der Waals surface area contributed by atoms with Gasteiger partial charge in [0.05, 0.1) is 24.7 Å². The predicted molar refractivity (Wildman–Crippen MR) is 242 cm³/mol. The predicted octanol–water partition coefficient (Wildman–Crippen LogP) is 9.44. The number of carboxylic acid groups (broad SMARTS) is 1. The fourth-order valence-electron chi connectivity index (χ4n) is 4.86. The van der Waals surface area contributed by atoms with E-state index >= 15 is 0 Å². The first-order valence-corrected chi connectivity index (χ1v) is 23.2. The summed E-state index contributed by atoms with van der Waals surface area (Å²) in [5.41, 5.74) is 4.26. The Bertz CT molecular complexity index is 2090. The molecule has 3 aliphatic rings. The molecule has 3 aliphatic heterocycles. The number of fused-ring (bicyclic) bond motifs is 2. The molecule has 0 bridgehead atoms. The molecule has 3 heterocycles. The Balaban J connectivity index is 0.000000401. The topological polar surface area (TPSA) is 180 Å². The Morgan fingerprint density at radius 2 is 1.21 bits per heavy atom. The Labute approximate surface area is 364 Å². The molecule has 0 radical (unpaired) electrons. The van der Waals surface area contributed by atoms with Gasteiger partial charge in [-0.1, -0.05) is 78.9 Å². The Morgan fingerprint density at radius 1 is 0.721 bits per heavy atom. The van der Waals surface area contributed by atoms with Crippen molar-refractivity contribution in [1.29, 1.82) is 0 Å². The summed E-state index contributed by atoms with van der Waals surface area (Å²) in [5, 5.41) is 27.5. The monoisotopic (exact) mass is 888 g/mol. The summed E-state index contributed by atoms with van der Waals surface area (Å²) >= 11 is 0. The van der Waals surface area contributed by atoms with E-state index in [0.717, 1.165) is 33.8 Å². The minimum Gasteiger partial charge on any atom is -0.541 e. The van der Waals surface area contributed by atoms with E-state index in [0.29, 0.717) is 30.5 Å². The van der Waals surface area contributed by atoms with Crippen LogP contribution in [0.5, 0.6) is 34.5 Å². The number of aromatic hydroxyl groups is 1. The number of hydrogen-bond donors (Lipinski definition) is 3. The maximum absolute atomic E-state index is 11.6. The summed E-state index contributed by atoms with van der Waals surface area (Å²) in [6.07, 6.45) is -1.18. The van der Waals surface area contributed by atoms with Gasteiger partial charge in [-0.2, -0.15) is 8.42 Å². The molecular weight excluding hydrogens is 821 g/mol. The van der Waals surface area contributed by atoms with Gasteiger partial charge in [0.2, 0.25) is 6.10 Å². The molecular formula is C46H68O13SSi. The Morgan fingerprint density at radius 3 is 1.70 bits per heavy atom. The lowest BCUT2D eigenvalue weighted by molar-refractivity contribution is -0.147. The standard InChI is InChI=1S/C13H22O2Si.C10H12O4S.C10H10O4.C10H12O3.3CH4/c1-10-7-8-12(11(14)9-10)15-16(5,6)13(2,3)4;1-8-2-4-10(5-3-8)15(11,12)14-7-9-6-13-9;1-6-2-3-7-8(4-6)13-5-9(14-7)10(11)12;1-7-2-3-9-10(4-7)12-6-8(5-11)13-9;;;/h7-9,14H,1-6H3;2-5,9H,6-7H2,1H3;2-4,9H,5H2,1H3,(H,11,12);2-4,8,11H,5-6H2,1H3;3*1H4/t;;9-;8-;;;/m..01.../s1. The van der Waals surface area contributed by atoms with E-state index < -0.39 is 30.5 Å². The largest absolute Gasteiger partial charge is 0.541 e. The first-order valence-electron chi connectivity index (χ1n) is 18.9. The van der Waals surface area contributed by atoms with Crippen molar-refractivity contribution < 1.29 is 60.8 Å². The molecule has 4 aromatic carbocycles. The third-order valence-corrected chi connectivity index (χ3v) is 15.1. The minimum absolute atomic E-state index is 0. The summed E-state index contributed by atoms with van der Waals surface area (Å²) in [6, 6.07) is 23.3. The van der Waals surface area contributed by atoms with Crippen molar-refractivity contribution in [2.75, 3.05) is 33.0 Å². The van der Waals surface area contributed by atoms with Crippen LogP contribution in [0, 0.1) is 27.7 Å². The van der Waals surface area contributed by atoms with Gasteiger partial charge in [-0.25, -0.2) is 4.79 Å². The van der Waals surface area contributed by atoms with E-state index in [-0.39, 0.29) is 70.0 Å². The lowest BCUT2D eigenvalue weighted by atomic mass is 10.2. The highest BCUT2D eigenvalue weighted by molar-refractivity contribution is 7.86. The van der Waals surface area contributed by atoms with Crippen LogP contribution in [0.2, 0.25) is 18.1 Å². The molecule has 61 heavy (non-hydrogen) atoms. The van der Waals surface area contributed by atoms with Gasteiger partial charge in [-0.3, -0.25) is 4.18 Å². The van der Waals surface area contributed by atoms with E-state index in [2.05, 4.69) is 33.9 Å². The van der Waals surface area contributed by atoms with Crippen molar-refractivity contribution in [3.8, 4) is 34.5 Å². The van der Waals surface area contributed by atoms with Crippen molar-refractivity contribution in [3.63, 3.8) is 0 Å². The normalized spacial score (nSPS) is 16.9. The third-order valence-electron chi connectivity index (χ3n) is 9.46. The molecule has 13 nitrogen and oxygen atoms in total. The first kappa shape index (κ1) is 54.2. The molecule has 0 saturated carbocycles. The molecule has 3 N–H and O–H groups in total. The minimum atomic E-state index is -3.61. The summed E-state index contributed by atoms with van der Waals surface area (Å²) in [6.45, 7) is 19.9. The molecule has 4 aromatic rings. The summed E-state index contributed by atoms with van der Waals surface area (Å²) in [4.78, 5) is 10.8. The lowest BCUT2D eigenvalue weighted by Crippen LogP contribution is -2.43. The van der Waals surface area contributed by atoms with Gasteiger partial charge in [0.25, 0.3) is 18.4 Å². The molecule has 1 saturated heterocycles. The van der Waals surface area contributed by atoms with Gasteiger partial charge in [0.1, 0.15) is 25.1 Å². The highest BCUT2D eigenvalue weighted by atomic mass is 32.2. The molecule has 0 amide bonds. The van der Waals surface area contributed by atoms with Crippen LogP contribution in [-0.2, 0) is 23.8 Å². The summed E-state index contributed by atoms with van der Waals surface area (Å²) in [5.74, 6) is 2.44. The van der Waals surface area contributed by atoms with Gasteiger partial charge in [0.15, 0.2) is 34.9 Å². The molecule has 7 rings (SSSR count). The molecule has 0 spiro atoms. The fourth-order valence-corrected chi connectivity index (χ4v) is 6.82. The number of aliphatic carboxylic acids is 1. The van der Waals surface area contributed by atoms with Crippen molar-refractivity contribution in [2.24, 2.45) is 0 Å². The number of carboxylic acids is 1. The Kier molecular flexibility index (Phi) is 20.8. The maximum Gasteiger partial charge on any atom is 0.348 e. The van der Waals surface area contributed by atoms with E-state index in [1.807, 2.05) is 70.2 Å². The van der Waals surface area contributed by atoms with E-state index in [9.17, 15) is 18.3 Å². The van der Waals surface area contributed by atoms with Crippen molar-refractivity contribution >= 4 is 24.4 Å². The molecule has 0 aliphatic carbocycles. The van der Waals surface area contributed by atoms with Crippen LogP contribution in [0.15, 0.2) is 83.8 Å². The van der Waals surface area contributed by atoms with Crippen LogP contribution in [0.3, 0.4) is 0 Å². The number of hydrogen-bond acceptors (Lipinski definition) is 12. The van der Waals surface area contributed by atoms with Crippen LogP contribution >= 0.6 is 0 Å². The second-order valence-corrected chi connectivity index (χ2v) is 22.1. The average Bonchev–Trinajstić information content (AvgIpc) is 4.00. The van der Waals surface area contributed by atoms with Crippen molar-refractivity contribution in [3.05, 3.63) is 101 Å². The molecule has 15 heteroatoms. The quantitative estimate of drug-likeness (QED) is 0.0866. The number of phenolic OH excluding ortho intramolecular Hbond substituents is 1. The lowest BCUT2D eigenvalue weighted by Gasteiger charge is -2.36. The third kappa shape index (κ3) is 16.5. The number of ether oxygens (including phenoxy) is 5. The van der Waals surface area contributed by atoms with Gasteiger partial charge >= 0.3 is 5.97 Å². The van der Waals surface area contributed by atoms with E-state index in [4.69, 9.17) is 42.5 Å². The fraction of sp³-hybridized carbons (Fsp3) is 0.457. The average molecular weight is 889 g/mol. The van der Waals surface area contributed by atoms with Crippen molar-refractivity contribution in [2.45, 2.75) is 112 Å². The van der Waals surface area contributed by atoms with Gasteiger partial charge in [0, 0.05) is 0 Å². The number of carbonyl (C=O) groups is 1. The van der Waals surface area contributed by atoms with Crippen LogP contribution in [-0.4, -0.2) is 89.4 Å². The number of aliphatic hydroxyl groups excluding tert-OH is 1. The molecule has 340 valence electrons. The zero-order valence-corrected chi connectivity index (χ0v) is 36.4. The number of rotatable bonds is 8. The van der Waals surface area contributed by atoms with Gasteiger partial charge in [-0.15, -0.1) is 0 Å². The highest BCUT2D eigenvalue weighted by Crippen LogP contribution is 2.40. The number of phenols is 1. The van der Waals surface area contributed by atoms with Crippen LogP contribution in [0.4, 0.5) is 0 Å². The molecule has 0 aromatic heterocycles. The molecule has 1 unspecified atom stereocenters. The maximum atomic E-state index is 11.6. The molecule has 1 fully saturated rings. The van der Waals surface area contributed by atoms with Crippen LogP contribution < -0.4 is 23.4 Å². The summed E-state index contributed by atoms with van der Waals surface area (Å²) in [7, 11) is -5.47. The number of aryl methyl sites for hydroxylation is 4. The number of aliphatic hydroxyl groups is 1. The SMILES string of the molecule is C.C.C.Cc1ccc(O[Si](C)(C)C(C)(C)C)c(O)c1.Cc1ccc(S(=O)(=O)OCC2CO2)cc1.Cc1ccc2c(c1)OC[C@@H](C(=O)O)O2.Cc1ccc2c(c1)OC[C@@H](CO)O2. The zero-order chi connectivity index (χ0) is 42.8. The van der Waals surface area contributed by atoms with Gasteiger partial charge in [-0.05, 0) is 111 Å². The molecule has 3 atom stereocenters. The second kappa shape index (κ2) is 23.4. The van der Waals surface area contributed by atoms with Crippen molar-refractivity contribution in [1.82, 2.24) is 0 Å². The smallest absolute Gasteiger partial charge is 0.348 e. The van der Waals surface area contributed by atoms with E-state index in [1.54, 1.807) is 36.4 Å². The highest BCUT2D eigenvalue weighted by Gasteiger charge is 2.39. The van der Waals surface area contributed by atoms with E-state index in [1.165, 1.54) is 0 Å². The Hall–Kier alpha value is -4.80. The number of epoxide rings is 1. The van der Waals surface area contributed by atoms with Crippen LogP contribution in [0.25, 0.3) is 0 Å². The zero-order valence-electron chi connectivity index (χ0n) is 34.6.